The minimum Gasteiger partial charge on any atom is -0.397 e. The van der Waals surface area contributed by atoms with Gasteiger partial charge in [-0.1, -0.05) is 30.3 Å². The van der Waals surface area contributed by atoms with Crippen molar-refractivity contribution in [2.75, 3.05) is 10.5 Å². The van der Waals surface area contributed by atoms with Crippen molar-refractivity contribution in [1.29, 1.82) is 0 Å². The van der Waals surface area contributed by atoms with Crippen LogP contribution in [0, 0.1) is 5.82 Å². The van der Waals surface area contributed by atoms with Gasteiger partial charge in [-0.15, -0.1) is 0 Å². The van der Waals surface area contributed by atoms with E-state index in [1.807, 2.05) is 5.32 Å². The first-order chi connectivity index (χ1) is 13.8. The number of amides is 1. The van der Waals surface area contributed by atoms with Crippen LogP contribution >= 0.6 is 0 Å². The third-order valence-corrected chi connectivity index (χ3v) is 5.31. The van der Waals surface area contributed by atoms with Gasteiger partial charge in [0.2, 0.25) is 6.30 Å². The number of hydrogen-bond acceptors (Lipinski definition) is 5. The van der Waals surface area contributed by atoms with Crippen molar-refractivity contribution in [2.24, 2.45) is 0 Å². The van der Waals surface area contributed by atoms with Gasteiger partial charge in [-0.3, -0.25) is 14.5 Å². The maximum atomic E-state index is 14.4. The molecule has 150 valence electrons. The molecular formula is C19H16F2N4O3S. The Labute approximate surface area is 165 Å². The molecule has 0 bridgehead atoms. The van der Waals surface area contributed by atoms with E-state index in [0.717, 1.165) is 6.07 Å². The SMILES string of the molecule is Nc1cncc(NS(=O)(=O)c2ccccc2C(=O)NC(F)c2ccccc2F)c1. The number of halogens is 2. The second-order valence-electron chi connectivity index (χ2n) is 5.97. The number of nitrogen functional groups attached to an aromatic ring is 1. The molecule has 0 radical (unpaired) electrons. The minimum atomic E-state index is -4.22. The number of pyridine rings is 1. The van der Waals surface area contributed by atoms with Crippen LogP contribution in [-0.2, 0) is 10.0 Å². The Morgan fingerprint density at radius 2 is 1.76 bits per heavy atom. The molecule has 2 aromatic carbocycles. The highest BCUT2D eigenvalue weighted by Crippen LogP contribution is 2.23. The van der Waals surface area contributed by atoms with Gasteiger partial charge in [0.15, 0.2) is 0 Å². The maximum Gasteiger partial charge on any atom is 0.262 e. The topological polar surface area (TPSA) is 114 Å². The molecule has 0 saturated carbocycles. The quantitative estimate of drug-likeness (QED) is 0.533. The molecule has 1 amide bonds. The van der Waals surface area contributed by atoms with Crippen LogP contribution in [0.2, 0.25) is 0 Å². The van der Waals surface area contributed by atoms with Crippen LogP contribution in [0.4, 0.5) is 20.2 Å². The Balaban J connectivity index is 1.88. The number of benzene rings is 2. The minimum absolute atomic E-state index is 0.0925. The zero-order valence-corrected chi connectivity index (χ0v) is 15.7. The molecule has 0 aliphatic rings. The number of nitrogens with two attached hydrogens (primary N) is 1. The second kappa shape index (κ2) is 8.23. The van der Waals surface area contributed by atoms with Gasteiger partial charge >= 0.3 is 0 Å². The van der Waals surface area contributed by atoms with Crippen molar-refractivity contribution < 1.29 is 22.0 Å². The fourth-order valence-electron chi connectivity index (χ4n) is 2.56. The van der Waals surface area contributed by atoms with Gasteiger partial charge in [-0.25, -0.2) is 17.2 Å². The van der Waals surface area contributed by atoms with E-state index >= 15 is 0 Å². The van der Waals surface area contributed by atoms with Crippen molar-refractivity contribution in [3.05, 3.63) is 83.9 Å². The molecule has 0 saturated heterocycles. The molecule has 0 spiro atoms. The number of nitrogens with zero attached hydrogens (tertiary/aromatic N) is 1. The molecule has 7 nitrogen and oxygen atoms in total. The van der Waals surface area contributed by atoms with E-state index in [0.29, 0.717) is 0 Å². The molecule has 3 rings (SSSR count). The van der Waals surface area contributed by atoms with Gasteiger partial charge in [0, 0.05) is 11.8 Å². The van der Waals surface area contributed by atoms with Crippen molar-refractivity contribution in [3.63, 3.8) is 0 Å². The summed E-state index contributed by atoms with van der Waals surface area (Å²) in [5, 5.41) is 1.97. The smallest absolute Gasteiger partial charge is 0.262 e. The number of carbonyl (C=O) groups excluding carboxylic acids is 1. The number of aromatic nitrogens is 1. The molecule has 3 aromatic rings. The van der Waals surface area contributed by atoms with Gasteiger partial charge in [-0.05, 0) is 24.3 Å². The molecule has 4 N–H and O–H groups in total. The van der Waals surface area contributed by atoms with E-state index in [1.165, 1.54) is 60.9 Å². The lowest BCUT2D eigenvalue weighted by Crippen LogP contribution is -2.28. The molecule has 0 aliphatic heterocycles. The van der Waals surface area contributed by atoms with Crippen molar-refractivity contribution in [2.45, 2.75) is 11.2 Å². The molecule has 1 atom stereocenters. The number of anilines is 2. The summed E-state index contributed by atoms with van der Waals surface area (Å²) in [5.74, 6) is -1.86. The molecule has 0 fully saturated rings. The van der Waals surface area contributed by atoms with E-state index < -0.39 is 28.0 Å². The summed E-state index contributed by atoms with van der Waals surface area (Å²) in [7, 11) is -4.22. The monoisotopic (exact) mass is 418 g/mol. The first kappa shape index (κ1) is 20.2. The third kappa shape index (κ3) is 4.66. The Morgan fingerprint density at radius 1 is 1.07 bits per heavy atom. The van der Waals surface area contributed by atoms with E-state index in [1.54, 1.807) is 0 Å². The van der Waals surface area contributed by atoms with Gasteiger partial charge < -0.3 is 11.1 Å². The Morgan fingerprint density at radius 3 is 2.48 bits per heavy atom. The highest BCUT2D eigenvalue weighted by Gasteiger charge is 2.25. The Kier molecular flexibility index (Phi) is 5.74. The van der Waals surface area contributed by atoms with Crippen LogP contribution in [0.5, 0.6) is 0 Å². The van der Waals surface area contributed by atoms with Gasteiger partial charge in [0.1, 0.15) is 10.7 Å². The maximum absolute atomic E-state index is 14.4. The number of alkyl halides is 1. The molecular weight excluding hydrogens is 402 g/mol. The summed E-state index contributed by atoms with van der Waals surface area (Å²) in [6.07, 6.45) is 0.417. The highest BCUT2D eigenvalue weighted by molar-refractivity contribution is 7.92. The summed E-state index contributed by atoms with van der Waals surface area (Å²) in [6, 6.07) is 11.6. The number of nitrogens with one attached hydrogen (secondary N) is 2. The van der Waals surface area contributed by atoms with E-state index in [-0.39, 0.29) is 27.4 Å². The largest absolute Gasteiger partial charge is 0.397 e. The Hall–Kier alpha value is -3.53. The van der Waals surface area contributed by atoms with Crippen LogP contribution in [0.25, 0.3) is 0 Å². The van der Waals surface area contributed by atoms with E-state index in [4.69, 9.17) is 5.73 Å². The predicted molar refractivity (Wildman–Crippen MR) is 104 cm³/mol. The predicted octanol–water partition coefficient (Wildman–Crippen LogP) is 3.00. The fraction of sp³-hybridized carbons (Fsp3) is 0.0526. The number of carbonyl (C=O) groups is 1. The van der Waals surface area contributed by atoms with E-state index in [9.17, 15) is 22.0 Å². The average Bonchev–Trinajstić information content (AvgIpc) is 2.68. The van der Waals surface area contributed by atoms with Gasteiger partial charge in [0.05, 0.1) is 23.1 Å². The van der Waals surface area contributed by atoms with Crippen LogP contribution in [0.15, 0.2) is 71.9 Å². The summed E-state index contributed by atoms with van der Waals surface area (Å²) in [4.78, 5) is 15.9. The molecule has 10 heteroatoms. The van der Waals surface area contributed by atoms with Crippen molar-refractivity contribution in [1.82, 2.24) is 10.3 Å². The second-order valence-corrected chi connectivity index (χ2v) is 7.62. The lowest BCUT2D eigenvalue weighted by atomic mass is 10.1. The zero-order valence-electron chi connectivity index (χ0n) is 14.8. The average molecular weight is 418 g/mol. The van der Waals surface area contributed by atoms with Gasteiger partial charge in [0.25, 0.3) is 15.9 Å². The first-order valence-corrected chi connectivity index (χ1v) is 9.78. The third-order valence-electron chi connectivity index (χ3n) is 3.87. The Bertz CT molecular complexity index is 1160. The number of hydrogen-bond donors (Lipinski definition) is 3. The van der Waals surface area contributed by atoms with Crippen molar-refractivity contribution in [3.8, 4) is 0 Å². The highest BCUT2D eigenvalue weighted by atomic mass is 32.2. The van der Waals surface area contributed by atoms with Crippen LogP contribution in [-0.4, -0.2) is 19.3 Å². The summed E-state index contributed by atoms with van der Waals surface area (Å²) in [5.41, 5.74) is 5.23. The lowest BCUT2D eigenvalue weighted by molar-refractivity contribution is 0.0889. The summed E-state index contributed by atoms with van der Waals surface area (Å²) in [6.45, 7) is 0. The molecule has 1 aromatic heterocycles. The molecule has 29 heavy (non-hydrogen) atoms. The molecule has 0 aliphatic carbocycles. The number of rotatable bonds is 6. The van der Waals surface area contributed by atoms with Crippen LogP contribution in [0.1, 0.15) is 22.2 Å². The normalized spacial score (nSPS) is 12.2. The molecule has 1 unspecified atom stereocenters. The standard InChI is InChI=1S/C19H16F2N4O3S/c20-16-7-3-1-5-14(16)18(21)24-19(26)15-6-2-4-8-17(15)29(27,28)25-13-9-12(22)10-23-11-13/h1-11,18,25H,22H2,(H,24,26). The van der Waals surface area contributed by atoms with Gasteiger partial charge in [-0.2, -0.15) is 0 Å². The van der Waals surface area contributed by atoms with Crippen LogP contribution in [0.3, 0.4) is 0 Å². The lowest BCUT2D eigenvalue weighted by Gasteiger charge is -2.15. The van der Waals surface area contributed by atoms with Crippen molar-refractivity contribution >= 4 is 27.3 Å². The van der Waals surface area contributed by atoms with Crippen LogP contribution < -0.4 is 15.8 Å². The zero-order chi connectivity index (χ0) is 21.0. The molecule has 1 heterocycles. The number of sulfonamides is 1. The fourth-order valence-corrected chi connectivity index (χ4v) is 3.80. The first-order valence-electron chi connectivity index (χ1n) is 8.29. The summed E-state index contributed by atoms with van der Waals surface area (Å²) < 4.78 is 55.8. The van der Waals surface area contributed by atoms with E-state index in [2.05, 4.69) is 9.71 Å². The summed E-state index contributed by atoms with van der Waals surface area (Å²) >= 11 is 0.